The highest BCUT2D eigenvalue weighted by atomic mass is 32.1. The van der Waals surface area contributed by atoms with Gasteiger partial charge < -0.3 is 14.2 Å². The molecular weight excluding hydrogens is 336 g/mol. The van der Waals surface area contributed by atoms with Gasteiger partial charge in [0.25, 0.3) is 0 Å². The zero-order chi connectivity index (χ0) is 17.8. The van der Waals surface area contributed by atoms with Gasteiger partial charge in [0, 0.05) is 11.4 Å². The average Bonchev–Trinajstić information content (AvgIpc) is 3.17. The Balaban J connectivity index is 1.82. The first kappa shape index (κ1) is 17.7. The molecule has 1 aliphatic rings. The fraction of sp³-hybridized carbons (Fsp3) is 0.316. The molecule has 2 aromatic rings. The number of rotatable bonds is 6. The summed E-state index contributed by atoms with van der Waals surface area (Å²) < 4.78 is 16.2. The van der Waals surface area contributed by atoms with E-state index in [9.17, 15) is 0 Å². The van der Waals surface area contributed by atoms with Gasteiger partial charge in [-0.3, -0.25) is 10.6 Å². The number of methoxy groups -OCH3 is 3. The standard InChI is InChI=1S/C19H22N2O3S/c1-22-15-9-13(10-16(23-2)17(15)24-3)18(25)14-11-20-19(21-14)12-7-5-4-6-8-12/h4-10,14,19-21H,11H2,1-3H3. The zero-order valence-electron chi connectivity index (χ0n) is 14.5. The highest BCUT2D eigenvalue weighted by Gasteiger charge is 2.28. The van der Waals surface area contributed by atoms with Crippen LogP contribution in [0.15, 0.2) is 42.5 Å². The summed E-state index contributed by atoms with van der Waals surface area (Å²) in [4.78, 5) is 0.810. The summed E-state index contributed by atoms with van der Waals surface area (Å²) in [6.45, 7) is 0.759. The summed E-state index contributed by atoms with van der Waals surface area (Å²) in [5, 5.41) is 7.01. The largest absolute Gasteiger partial charge is 0.493 e. The Morgan fingerprint density at radius 1 is 1.00 bits per heavy atom. The first-order valence-corrected chi connectivity index (χ1v) is 8.47. The predicted molar refractivity (Wildman–Crippen MR) is 102 cm³/mol. The number of hydrogen-bond donors (Lipinski definition) is 2. The fourth-order valence-electron chi connectivity index (χ4n) is 3.01. The SMILES string of the molecule is COc1cc(C(=S)C2CNC(c3ccccc3)N2)cc(OC)c1OC. The Morgan fingerprint density at radius 2 is 1.64 bits per heavy atom. The molecule has 0 aromatic heterocycles. The summed E-state index contributed by atoms with van der Waals surface area (Å²) in [7, 11) is 4.79. The molecule has 0 aliphatic carbocycles. The van der Waals surface area contributed by atoms with Gasteiger partial charge in [0.05, 0.1) is 33.5 Å². The molecule has 2 unspecified atom stereocenters. The fourth-order valence-corrected chi connectivity index (χ4v) is 3.28. The number of benzene rings is 2. The number of nitrogens with one attached hydrogen (secondary N) is 2. The van der Waals surface area contributed by atoms with Crippen LogP contribution in [0.5, 0.6) is 17.2 Å². The van der Waals surface area contributed by atoms with Crippen molar-refractivity contribution in [3.05, 3.63) is 53.6 Å². The second-order valence-electron chi connectivity index (χ2n) is 5.75. The van der Waals surface area contributed by atoms with Crippen molar-refractivity contribution in [2.75, 3.05) is 27.9 Å². The van der Waals surface area contributed by atoms with Gasteiger partial charge in [-0.15, -0.1) is 0 Å². The van der Waals surface area contributed by atoms with Gasteiger partial charge in [-0.1, -0.05) is 42.5 Å². The lowest BCUT2D eigenvalue weighted by molar-refractivity contribution is 0.324. The van der Waals surface area contributed by atoms with Gasteiger partial charge in [0.1, 0.15) is 0 Å². The van der Waals surface area contributed by atoms with Gasteiger partial charge >= 0.3 is 0 Å². The molecule has 1 saturated heterocycles. The molecule has 1 fully saturated rings. The normalized spacial score (nSPS) is 19.5. The molecule has 5 nitrogen and oxygen atoms in total. The molecule has 25 heavy (non-hydrogen) atoms. The Kier molecular flexibility index (Phi) is 5.53. The van der Waals surface area contributed by atoms with E-state index in [-0.39, 0.29) is 12.2 Å². The van der Waals surface area contributed by atoms with Gasteiger partial charge in [0.15, 0.2) is 11.5 Å². The van der Waals surface area contributed by atoms with Crippen molar-refractivity contribution in [1.29, 1.82) is 0 Å². The van der Waals surface area contributed by atoms with Crippen molar-refractivity contribution in [2.24, 2.45) is 0 Å². The average molecular weight is 358 g/mol. The predicted octanol–water partition coefficient (Wildman–Crippen LogP) is 2.69. The van der Waals surface area contributed by atoms with E-state index in [1.165, 1.54) is 5.56 Å². The highest BCUT2D eigenvalue weighted by molar-refractivity contribution is 7.81. The van der Waals surface area contributed by atoms with Crippen LogP contribution in [-0.4, -0.2) is 38.8 Å². The van der Waals surface area contributed by atoms with Crippen molar-refractivity contribution in [3.63, 3.8) is 0 Å². The van der Waals surface area contributed by atoms with E-state index in [2.05, 4.69) is 22.8 Å². The van der Waals surface area contributed by atoms with Gasteiger partial charge in [0.2, 0.25) is 5.75 Å². The Hall–Kier alpha value is -2.15. The van der Waals surface area contributed by atoms with E-state index >= 15 is 0 Å². The molecule has 0 bridgehead atoms. The summed E-state index contributed by atoms with van der Waals surface area (Å²) in [6, 6.07) is 14.1. The molecule has 2 atom stereocenters. The molecule has 2 N–H and O–H groups in total. The Bertz CT molecular complexity index is 727. The second-order valence-corrected chi connectivity index (χ2v) is 6.19. The maximum atomic E-state index is 5.72. The zero-order valence-corrected chi connectivity index (χ0v) is 15.4. The smallest absolute Gasteiger partial charge is 0.203 e. The van der Waals surface area contributed by atoms with E-state index in [1.54, 1.807) is 21.3 Å². The third-order valence-electron chi connectivity index (χ3n) is 4.29. The minimum atomic E-state index is 0.0445. The van der Waals surface area contributed by atoms with E-state index < -0.39 is 0 Å². The van der Waals surface area contributed by atoms with Crippen molar-refractivity contribution in [1.82, 2.24) is 10.6 Å². The van der Waals surface area contributed by atoms with E-state index in [0.717, 1.165) is 17.0 Å². The molecule has 2 aromatic carbocycles. The third kappa shape index (κ3) is 3.61. The highest BCUT2D eigenvalue weighted by Crippen LogP contribution is 2.38. The summed E-state index contributed by atoms with van der Waals surface area (Å²) >= 11 is 5.72. The van der Waals surface area contributed by atoms with Crippen LogP contribution in [0.25, 0.3) is 0 Å². The molecule has 6 heteroatoms. The van der Waals surface area contributed by atoms with Crippen molar-refractivity contribution in [2.45, 2.75) is 12.2 Å². The van der Waals surface area contributed by atoms with Crippen molar-refractivity contribution >= 4 is 17.1 Å². The maximum Gasteiger partial charge on any atom is 0.203 e. The van der Waals surface area contributed by atoms with Gasteiger partial charge in [-0.05, 0) is 23.3 Å². The maximum absolute atomic E-state index is 5.72. The lowest BCUT2D eigenvalue weighted by Gasteiger charge is -2.18. The van der Waals surface area contributed by atoms with Crippen LogP contribution >= 0.6 is 12.2 Å². The van der Waals surface area contributed by atoms with Crippen LogP contribution in [0.2, 0.25) is 0 Å². The molecule has 1 aliphatic heterocycles. The van der Waals surface area contributed by atoms with Crippen LogP contribution in [-0.2, 0) is 0 Å². The van der Waals surface area contributed by atoms with Crippen LogP contribution < -0.4 is 24.8 Å². The van der Waals surface area contributed by atoms with E-state index in [4.69, 9.17) is 26.4 Å². The first-order valence-electron chi connectivity index (χ1n) is 8.06. The minimum Gasteiger partial charge on any atom is -0.493 e. The van der Waals surface area contributed by atoms with Crippen LogP contribution in [0, 0.1) is 0 Å². The lowest BCUT2D eigenvalue weighted by Crippen LogP contribution is -2.33. The number of thiocarbonyl (C=S) groups is 1. The van der Waals surface area contributed by atoms with Gasteiger partial charge in [-0.25, -0.2) is 0 Å². The van der Waals surface area contributed by atoms with E-state index in [0.29, 0.717) is 17.2 Å². The van der Waals surface area contributed by atoms with Gasteiger partial charge in [-0.2, -0.15) is 0 Å². The summed E-state index contributed by atoms with van der Waals surface area (Å²) in [5.74, 6) is 1.77. The lowest BCUT2D eigenvalue weighted by atomic mass is 10.0. The van der Waals surface area contributed by atoms with Crippen LogP contribution in [0.1, 0.15) is 17.3 Å². The molecular formula is C19H22N2O3S. The topological polar surface area (TPSA) is 51.8 Å². The van der Waals surface area contributed by atoms with E-state index in [1.807, 2.05) is 30.3 Å². The molecule has 132 valence electrons. The van der Waals surface area contributed by atoms with Crippen LogP contribution in [0.4, 0.5) is 0 Å². The molecule has 3 rings (SSSR count). The summed E-state index contributed by atoms with van der Waals surface area (Å²) in [6.07, 6.45) is 0.0891. The molecule has 0 amide bonds. The quantitative estimate of drug-likeness (QED) is 0.612. The molecule has 0 spiro atoms. The number of hydrogen-bond acceptors (Lipinski definition) is 6. The number of ether oxygens (including phenoxy) is 3. The molecule has 0 radical (unpaired) electrons. The summed E-state index contributed by atoms with van der Waals surface area (Å²) in [5.41, 5.74) is 2.08. The molecule has 1 heterocycles. The minimum absolute atomic E-state index is 0.0445. The van der Waals surface area contributed by atoms with Crippen LogP contribution in [0.3, 0.4) is 0 Å². The Labute approximate surface area is 153 Å². The second kappa shape index (κ2) is 7.82. The van der Waals surface area contributed by atoms with Crippen molar-refractivity contribution < 1.29 is 14.2 Å². The Morgan fingerprint density at radius 3 is 2.20 bits per heavy atom. The monoisotopic (exact) mass is 358 g/mol. The molecule has 0 saturated carbocycles. The first-order chi connectivity index (χ1) is 12.2. The van der Waals surface area contributed by atoms with Crippen molar-refractivity contribution in [3.8, 4) is 17.2 Å². The third-order valence-corrected chi connectivity index (χ3v) is 4.81.